The number of hydrogen-bond acceptors (Lipinski definition) is 2. The molecule has 3 heteroatoms. The van der Waals surface area contributed by atoms with Crippen LogP contribution in [0.4, 0.5) is 34.1 Å². The summed E-state index contributed by atoms with van der Waals surface area (Å²) in [5.74, 6) is 0. The van der Waals surface area contributed by atoms with Gasteiger partial charge in [-0.3, -0.25) is 0 Å². The molecular formula is C58H45BN2. The normalized spacial score (nSPS) is 12.4. The maximum absolute atomic E-state index is 2.53. The first-order valence-electron chi connectivity index (χ1n) is 21.5. The van der Waals surface area contributed by atoms with Crippen LogP contribution in [-0.2, 0) is 25.7 Å². The average Bonchev–Trinajstić information content (AvgIpc) is 3.31. The smallest absolute Gasteiger partial charge is 0.252 e. The van der Waals surface area contributed by atoms with Crippen LogP contribution in [0.2, 0.25) is 0 Å². The molecule has 2 aliphatic heterocycles. The van der Waals surface area contributed by atoms with Gasteiger partial charge in [-0.2, -0.15) is 0 Å². The summed E-state index contributed by atoms with van der Waals surface area (Å²) in [6.07, 6.45) is 3.57. The molecule has 9 aromatic rings. The topological polar surface area (TPSA) is 6.48 Å². The molecule has 0 aliphatic carbocycles. The van der Waals surface area contributed by atoms with Gasteiger partial charge in [-0.25, -0.2) is 0 Å². The van der Waals surface area contributed by atoms with Crippen molar-refractivity contribution in [3.05, 3.63) is 269 Å². The Bertz CT molecular complexity index is 2750. The van der Waals surface area contributed by atoms with Crippen molar-refractivity contribution in [2.75, 3.05) is 9.80 Å². The highest BCUT2D eigenvalue weighted by molar-refractivity contribution is 7.00. The molecule has 2 nitrogen and oxygen atoms in total. The van der Waals surface area contributed by atoms with E-state index in [2.05, 4.69) is 234 Å². The highest BCUT2D eigenvalue weighted by Gasteiger charge is 2.43. The minimum absolute atomic E-state index is 0.0648. The zero-order valence-electron chi connectivity index (χ0n) is 34.2. The number of anilines is 6. The molecule has 0 aromatic heterocycles. The lowest BCUT2D eigenvalue weighted by atomic mass is 9.33. The molecule has 0 N–H and O–H groups in total. The fourth-order valence-electron chi connectivity index (χ4n) is 9.65. The lowest BCUT2D eigenvalue weighted by Gasteiger charge is -2.44. The van der Waals surface area contributed by atoms with Gasteiger partial charge in [-0.05, 0) is 135 Å². The van der Waals surface area contributed by atoms with Gasteiger partial charge in [0.05, 0.1) is 0 Å². The van der Waals surface area contributed by atoms with Gasteiger partial charge in [0.2, 0.25) is 0 Å². The van der Waals surface area contributed by atoms with Crippen LogP contribution in [0.1, 0.15) is 44.5 Å². The molecule has 0 amide bonds. The van der Waals surface area contributed by atoms with E-state index in [4.69, 9.17) is 0 Å². The Morgan fingerprint density at radius 3 is 0.934 bits per heavy atom. The van der Waals surface area contributed by atoms with E-state index in [0.717, 1.165) is 25.7 Å². The summed E-state index contributed by atoms with van der Waals surface area (Å²) in [6, 6.07) is 83.2. The van der Waals surface area contributed by atoms with Crippen molar-refractivity contribution in [3.8, 4) is 0 Å². The number of rotatable bonds is 10. The Morgan fingerprint density at radius 1 is 0.262 bits per heavy atom. The largest absolute Gasteiger partial charge is 0.311 e. The van der Waals surface area contributed by atoms with Gasteiger partial charge in [-0.15, -0.1) is 0 Å². The summed E-state index contributed by atoms with van der Waals surface area (Å²) in [6.45, 7) is 0.0648. The molecule has 0 spiro atoms. The van der Waals surface area contributed by atoms with Crippen molar-refractivity contribution < 1.29 is 0 Å². The monoisotopic (exact) mass is 780 g/mol. The fourth-order valence-corrected chi connectivity index (χ4v) is 9.65. The first-order chi connectivity index (χ1) is 30.2. The van der Waals surface area contributed by atoms with Crippen LogP contribution in [0.25, 0.3) is 0 Å². The van der Waals surface area contributed by atoms with Gasteiger partial charge < -0.3 is 9.80 Å². The molecular weight excluding hydrogens is 735 g/mol. The van der Waals surface area contributed by atoms with Crippen molar-refractivity contribution in [2.24, 2.45) is 0 Å². The molecule has 0 bridgehead atoms. The predicted octanol–water partition coefficient (Wildman–Crippen LogP) is 12.1. The second kappa shape index (κ2) is 16.0. The first-order valence-corrected chi connectivity index (χ1v) is 21.5. The van der Waals surface area contributed by atoms with Gasteiger partial charge in [-0.1, -0.05) is 176 Å². The zero-order valence-corrected chi connectivity index (χ0v) is 34.2. The van der Waals surface area contributed by atoms with Gasteiger partial charge in [0.15, 0.2) is 0 Å². The van der Waals surface area contributed by atoms with Crippen molar-refractivity contribution in [1.82, 2.24) is 0 Å². The van der Waals surface area contributed by atoms with Gasteiger partial charge in [0, 0.05) is 34.1 Å². The maximum Gasteiger partial charge on any atom is 0.252 e. The lowest BCUT2D eigenvalue weighted by molar-refractivity contribution is 1.16. The standard InChI is InChI=1S/C58H45BN2/c1-5-14-42(15-6-1)36-46-24-30-50(31-25-46)60-54-22-13-23-55-58(54)59(52-34-28-48(40-56(52)60)38-44-18-9-3-10-19-44)53-35-29-49(39-45-20-11-4-12-21-45)41-57(53)61(55)51-32-26-47(27-33-51)37-43-16-7-2-8-17-43/h1-35,40-41H,36-39H2. The SMILES string of the molecule is c1ccc(Cc2ccc(N3c4cc(Cc5ccccc5)ccc4B4c5ccc(Cc6ccccc6)cc5N(c5ccc(Cc6ccccc6)cc5)c5cccc3c54)cc2)cc1. The molecule has 2 aliphatic rings. The minimum atomic E-state index is 0.0648. The van der Waals surface area contributed by atoms with E-state index in [0.29, 0.717) is 0 Å². The minimum Gasteiger partial charge on any atom is -0.311 e. The molecule has 11 rings (SSSR count). The molecule has 0 radical (unpaired) electrons. The summed E-state index contributed by atoms with van der Waals surface area (Å²) < 4.78 is 0. The van der Waals surface area contributed by atoms with Crippen molar-refractivity contribution in [2.45, 2.75) is 25.7 Å². The summed E-state index contributed by atoms with van der Waals surface area (Å²) in [5, 5.41) is 0. The molecule has 0 saturated carbocycles. The lowest BCUT2D eigenvalue weighted by Crippen LogP contribution is -2.61. The predicted molar refractivity (Wildman–Crippen MR) is 257 cm³/mol. The van der Waals surface area contributed by atoms with E-state index in [1.807, 2.05) is 0 Å². The van der Waals surface area contributed by atoms with E-state index >= 15 is 0 Å². The van der Waals surface area contributed by atoms with E-state index in [1.165, 1.54) is 95.0 Å². The van der Waals surface area contributed by atoms with Crippen LogP contribution in [0, 0.1) is 0 Å². The summed E-state index contributed by atoms with van der Waals surface area (Å²) in [4.78, 5) is 5.06. The van der Waals surface area contributed by atoms with Crippen molar-refractivity contribution in [1.29, 1.82) is 0 Å². The molecule has 0 fully saturated rings. The Labute approximate surface area is 360 Å². The Hall–Kier alpha value is -7.36. The summed E-state index contributed by atoms with van der Waals surface area (Å²) >= 11 is 0. The molecule has 0 unspecified atom stereocenters. The van der Waals surface area contributed by atoms with E-state index in [-0.39, 0.29) is 6.71 Å². The Morgan fingerprint density at radius 2 is 0.574 bits per heavy atom. The van der Waals surface area contributed by atoms with Crippen LogP contribution in [0.3, 0.4) is 0 Å². The Balaban J connectivity index is 1.07. The summed E-state index contributed by atoms with van der Waals surface area (Å²) in [5.41, 5.74) is 21.8. The first kappa shape index (κ1) is 36.7. The molecule has 0 saturated heterocycles. The van der Waals surface area contributed by atoms with Crippen molar-refractivity contribution >= 4 is 57.2 Å². The van der Waals surface area contributed by atoms with Crippen LogP contribution in [-0.4, -0.2) is 6.71 Å². The van der Waals surface area contributed by atoms with Crippen LogP contribution < -0.4 is 26.2 Å². The maximum atomic E-state index is 2.53. The number of benzene rings is 9. The summed E-state index contributed by atoms with van der Waals surface area (Å²) in [7, 11) is 0. The molecule has 61 heavy (non-hydrogen) atoms. The van der Waals surface area contributed by atoms with Gasteiger partial charge in [0.25, 0.3) is 6.71 Å². The van der Waals surface area contributed by atoms with Crippen LogP contribution in [0.15, 0.2) is 224 Å². The molecule has 290 valence electrons. The second-order valence-electron chi connectivity index (χ2n) is 16.6. The van der Waals surface area contributed by atoms with Crippen LogP contribution in [0.5, 0.6) is 0 Å². The number of hydrogen-bond donors (Lipinski definition) is 0. The molecule has 9 aromatic carbocycles. The fraction of sp³-hybridized carbons (Fsp3) is 0.0690. The van der Waals surface area contributed by atoms with E-state index in [1.54, 1.807) is 0 Å². The highest BCUT2D eigenvalue weighted by atomic mass is 15.2. The molecule has 0 atom stereocenters. The average molecular weight is 781 g/mol. The van der Waals surface area contributed by atoms with Gasteiger partial charge >= 0.3 is 0 Å². The zero-order chi connectivity index (χ0) is 40.5. The number of fused-ring (bicyclic) bond motifs is 4. The van der Waals surface area contributed by atoms with Crippen LogP contribution >= 0.6 is 0 Å². The third-order valence-electron chi connectivity index (χ3n) is 12.5. The van der Waals surface area contributed by atoms with Crippen molar-refractivity contribution in [3.63, 3.8) is 0 Å². The second-order valence-corrected chi connectivity index (χ2v) is 16.6. The Kier molecular flexibility index (Phi) is 9.63. The quantitative estimate of drug-likeness (QED) is 0.128. The highest BCUT2D eigenvalue weighted by Crippen LogP contribution is 2.44. The third kappa shape index (κ3) is 7.23. The molecule has 2 heterocycles. The third-order valence-corrected chi connectivity index (χ3v) is 12.5. The van der Waals surface area contributed by atoms with E-state index in [9.17, 15) is 0 Å². The van der Waals surface area contributed by atoms with Gasteiger partial charge in [0.1, 0.15) is 0 Å². The number of nitrogens with zero attached hydrogens (tertiary/aromatic N) is 2. The van der Waals surface area contributed by atoms with E-state index < -0.39 is 0 Å².